The molecule has 2 heteroatoms. The Hall–Kier alpha value is -0.920. The van der Waals surface area contributed by atoms with E-state index < -0.39 is 0 Å². The summed E-state index contributed by atoms with van der Waals surface area (Å²) < 4.78 is 4.99. The number of rotatable bonds is 1. The maximum absolute atomic E-state index is 8.98. The van der Waals surface area contributed by atoms with Crippen LogP contribution in [0.1, 0.15) is 18.2 Å². The van der Waals surface area contributed by atoms with Crippen LogP contribution in [0.4, 0.5) is 0 Å². The van der Waals surface area contributed by atoms with Crippen molar-refractivity contribution in [1.29, 1.82) is 0 Å². The van der Waals surface area contributed by atoms with Crippen molar-refractivity contribution in [3.63, 3.8) is 0 Å². The Bertz CT molecular complexity index is 201. The summed E-state index contributed by atoms with van der Waals surface area (Å²) in [5.41, 5.74) is 0.859. The fourth-order valence-electron chi connectivity index (χ4n) is 0.795. The molecule has 1 aromatic heterocycles. The second-order valence-electron chi connectivity index (χ2n) is 2.02. The van der Waals surface area contributed by atoms with Gasteiger partial charge in [-0.15, -0.1) is 0 Å². The predicted molar refractivity (Wildman–Crippen MR) is 34.5 cm³/mol. The van der Waals surface area contributed by atoms with Gasteiger partial charge in [0.1, 0.15) is 12.0 Å². The average Bonchev–Trinajstić information content (AvgIpc) is 2.15. The molecule has 0 aromatic carbocycles. The van der Waals surface area contributed by atoms with Crippen LogP contribution in [0, 0.1) is 6.92 Å². The lowest BCUT2D eigenvalue weighted by atomic mass is 10.2. The monoisotopic (exact) mass is 126 g/mol. The van der Waals surface area contributed by atoms with Gasteiger partial charge in [0.25, 0.3) is 0 Å². The molecule has 0 saturated heterocycles. The Labute approximate surface area is 54.1 Å². The second kappa shape index (κ2) is 2.13. The van der Waals surface area contributed by atoms with E-state index in [1.54, 1.807) is 0 Å². The van der Waals surface area contributed by atoms with E-state index in [0.717, 1.165) is 17.7 Å². The zero-order valence-electron chi connectivity index (χ0n) is 5.64. The largest absolute Gasteiger partial charge is 0.504 e. The summed E-state index contributed by atoms with van der Waals surface area (Å²) in [6, 6.07) is 0. The first-order valence-corrected chi connectivity index (χ1v) is 3.01. The first-order chi connectivity index (χ1) is 4.25. The molecule has 0 aliphatic carbocycles. The van der Waals surface area contributed by atoms with Crippen molar-refractivity contribution < 1.29 is 9.52 Å². The lowest BCUT2D eigenvalue weighted by molar-refractivity contribution is 0.452. The minimum absolute atomic E-state index is 0.256. The quantitative estimate of drug-likeness (QED) is 0.623. The third-order valence-electron chi connectivity index (χ3n) is 1.44. The van der Waals surface area contributed by atoms with Crippen LogP contribution in [-0.2, 0) is 6.42 Å². The number of furan rings is 1. The minimum Gasteiger partial charge on any atom is -0.504 e. The van der Waals surface area contributed by atoms with E-state index >= 15 is 0 Å². The summed E-state index contributed by atoms with van der Waals surface area (Å²) in [6.45, 7) is 3.84. The molecule has 0 unspecified atom stereocenters. The number of hydrogen-bond acceptors (Lipinski definition) is 2. The van der Waals surface area contributed by atoms with Gasteiger partial charge in [0.2, 0.25) is 0 Å². The third-order valence-corrected chi connectivity index (χ3v) is 1.44. The van der Waals surface area contributed by atoms with E-state index in [1.165, 1.54) is 6.26 Å². The van der Waals surface area contributed by atoms with E-state index in [2.05, 4.69) is 0 Å². The molecule has 0 spiro atoms. The summed E-state index contributed by atoms with van der Waals surface area (Å²) >= 11 is 0. The summed E-state index contributed by atoms with van der Waals surface area (Å²) in [5, 5.41) is 8.98. The zero-order chi connectivity index (χ0) is 6.85. The van der Waals surface area contributed by atoms with Crippen molar-refractivity contribution in [3.05, 3.63) is 17.6 Å². The normalized spacial score (nSPS) is 10.0. The van der Waals surface area contributed by atoms with E-state index in [0.29, 0.717) is 0 Å². The fourth-order valence-corrected chi connectivity index (χ4v) is 0.795. The summed E-state index contributed by atoms with van der Waals surface area (Å²) in [4.78, 5) is 0. The SMILES string of the molecule is CCc1occ(O)c1C. The van der Waals surface area contributed by atoms with Gasteiger partial charge < -0.3 is 9.52 Å². The van der Waals surface area contributed by atoms with Crippen molar-refractivity contribution >= 4 is 0 Å². The molecule has 1 N–H and O–H groups in total. The zero-order valence-corrected chi connectivity index (χ0v) is 5.64. The maximum Gasteiger partial charge on any atom is 0.156 e. The molecule has 0 fully saturated rings. The Balaban J connectivity index is 3.04. The predicted octanol–water partition coefficient (Wildman–Crippen LogP) is 1.86. The highest BCUT2D eigenvalue weighted by molar-refractivity contribution is 5.30. The van der Waals surface area contributed by atoms with E-state index in [4.69, 9.17) is 9.52 Å². The Morgan fingerprint density at radius 1 is 1.67 bits per heavy atom. The molecular formula is C7H10O2. The molecule has 0 radical (unpaired) electrons. The molecule has 9 heavy (non-hydrogen) atoms. The highest BCUT2D eigenvalue weighted by atomic mass is 16.4. The topological polar surface area (TPSA) is 33.4 Å². The molecule has 50 valence electrons. The van der Waals surface area contributed by atoms with E-state index in [1.807, 2.05) is 13.8 Å². The van der Waals surface area contributed by atoms with Gasteiger partial charge >= 0.3 is 0 Å². The minimum atomic E-state index is 0.256. The van der Waals surface area contributed by atoms with Gasteiger partial charge in [-0.25, -0.2) is 0 Å². The van der Waals surface area contributed by atoms with Crippen molar-refractivity contribution in [3.8, 4) is 5.75 Å². The van der Waals surface area contributed by atoms with Crippen molar-refractivity contribution in [2.75, 3.05) is 0 Å². The van der Waals surface area contributed by atoms with Crippen molar-refractivity contribution in [2.24, 2.45) is 0 Å². The Morgan fingerprint density at radius 2 is 2.33 bits per heavy atom. The number of aromatic hydroxyl groups is 1. The molecule has 0 aliphatic heterocycles. The molecule has 0 atom stereocenters. The van der Waals surface area contributed by atoms with Crippen LogP contribution >= 0.6 is 0 Å². The summed E-state index contributed by atoms with van der Waals surface area (Å²) in [6.07, 6.45) is 2.21. The van der Waals surface area contributed by atoms with Crippen LogP contribution in [0.15, 0.2) is 10.7 Å². The molecule has 0 amide bonds. The lowest BCUT2D eigenvalue weighted by Gasteiger charge is -1.88. The first kappa shape index (κ1) is 6.20. The Kier molecular flexibility index (Phi) is 1.47. The van der Waals surface area contributed by atoms with Gasteiger partial charge in [0.15, 0.2) is 5.75 Å². The average molecular weight is 126 g/mol. The molecule has 0 aliphatic rings. The van der Waals surface area contributed by atoms with Gasteiger partial charge in [-0.05, 0) is 6.92 Å². The van der Waals surface area contributed by atoms with Crippen LogP contribution in [0.2, 0.25) is 0 Å². The van der Waals surface area contributed by atoms with Crippen LogP contribution in [0.3, 0.4) is 0 Å². The number of aryl methyl sites for hydroxylation is 1. The molecule has 1 aromatic rings. The van der Waals surface area contributed by atoms with Crippen LogP contribution < -0.4 is 0 Å². The number of hydrogen-bond donors (Lipinski definition) is 1. The van der Waals surface area contributed by atoms with E-state index in [9.17, 15) is 0 Å². The fraction of sp³-hybridized carbons (Fsp3) is 0.429. The summed E-state index contributed by atoms with van der Waals surface area (Å²) in [7, 11) is 0. The van der Waals surface area contributed by atoms with Crippen molar-refractivity contribution in [2.45, 2.75) is 20.3 Å². The van der Waals surface area contributed by atoms with Crippen molar-refractivity contribution in [1.82, 2.24) is 0 Å². The molecule has 2 nitrogen and oxygen atoms in total. The van der Waals surface area contributed by atoms with Crippen LogP contribution in [0.5, 0.6) is 5.75 Å². The molecule has 1 heterocycles. The van der Waals surface area contributed by atoms with Gasteiger partial charge in [-0.1, -0.05) is 6.92 Å². The second-order valence-corrected chi connectivity index (χ2v) is 2.02. The van der Waals surface area contributed by atoms with Gasteiger partial charge in [0.05, 0.1) is 0 Å². The third kappa shape index (κ3) is 0.922. The summed E-state index contributed by atoms with van der Waals surface area (Å²) in [5.74, 6) is 1.12. The van der Waals surface area contributed by atoms with E-state index in [-0.39, 0.29) is 5.75 Å². The smallest absolute Gasteiger partial charge is 0.156 e. The van der Waals surface area contributed by atoms with Gasteiger partial charge in [-0.2, -0.15) is 0 Å². The molecule has 0 saturated carbocycles. The highest BCUT2D eigenvalue weighted by Gasteiger charge is 2.03. The molecule has 1 rings (SSSR count). The van der Waals surface area contributed by atoms with Gasteiger partial charge in [-0.3, -0.25) is 0 Å². The maximum atomic E-state index is 8.98. The highest BCUT2D eigenvalue weighted by Crippen LogP contribution is 2.21. The van der Waals surface area contributed by atoms with Crippen LogP contribution in [0.25, 0.3) is 0 Å². The standard InChI is InChI=1S/C7H10O2/c1-3-7-5(2)6(8)4-9-7/h4,8H,3H2,1-2H3. The lowest BCUT2D eigenvalue weighted by Crippen LogP contribution is -1.76. The van der Waals surface area contributed by atoms with Gasteiger partial charge in [0, 0.05) is 12.0 Å². The molecule has 0 bridgehead atoms. The first-order valence-electron chi connectivity index (χ1n) is 3.01. The van der Waals surface area contributed by atoms with Crippen LogP contribution in [-0.4, -0.2) is 5.11 Å². The molecular weight excluding hydrogens is 116 g/mol. The Morgan fingerprint density at radius 3 is 2.56 bits per heavy atom.